The first-order valence-corrected chi connectivity index (χ1v) is 14.1. The fourth-order valence-corrected chi connectivity index (χ4v) is 5.37. The highest BCUT2D eigenvalue weighted by atomic mass is 32.2. The number of nitrogens with zero attached hydrogens (tertiary/aromatic N) is 2. The number of carbonyl (C=O) groups excluding carboxylic acids is 1. The van der Waals surface area contributed by atoms with E-state index in [2.05, 4.69) is 5.32 Å². The van der Waals surface area contributed by atoms with Gasteiger partial charge in [0.15, 0.2) is 0 Å². The van der Waals surface area contributed by atoms with Crippen molar-refractivity contribution in [2.75, 3.05) is 5.32 Å². The maximum atomic E-state index is 13.6. The third-order valence-corrected chi connectivity index (χ3v) is 8.06. The molecule has 42 heavy (non-hydrogen) atoms. The second kappa shape index (κ2) is 12.5. The lowest BCUT2D eigenvalue weighted by molar-refractivity contribution is -0.137. The Hall–Kier alpha value is -4.66. The van der Waals surface area contributed by atoms with Crippen LogP contribution in [-0.4, -0.2) is 18.6 Å². The number of nitriles is 1. The number of hydrogen-bond acceptors (Lipinski definition) is 5. The highest BCUT2D eigenvalue weighted by molar-refractivity contribution is 7.89. The average molecular weight is 594 g/mol. The molecule has 0 radical (unpaired) electrons. The van der Waals surface area contributed by atoms with Gasteiger partial charge in [0.1, 0.15) is 23.2 Å². The van der Waals surface area contributed by atoms with Crippen LogP contribution in [0.4, 0.5) is 18.9 Å². The van der Waals surface area contributed by atoms with E-state index >= 15 is 0 Å². The number of hydrogen-bond donors (Lipinski definition) is 1. The van der Waals surface area contributed by atoms with Crippen LogP contribution in [0.5, 0.6) is 0 Å². The molecule has 0 aliphatic carbocycles. The van der Waals surface area contributed by atoms with Crippen molar-refractivity contribution in [1.82, 2.24) is 4.31 Å². The number of carbonyl (C=O) groups is 1. The van der Waals surface area contributed by atoms with Crippen LogP contribution in [0.25, 0.3) is 6.08 Å². The van der Waals surface area contributed by atoms with E-state index < -0.39 is 33.2 Å². The van der Waals surface area contributed by atoms with E-state index in [9.17, 15) is 31.6 Å². The number of furan rings is 1. The number of benzene rings is 3. The highest BCUT2D eigenvalue weighted by Gasteiger charge is 2.30. The molecule has 0 fully saturated rings. The highest BCUT2D eigenvalue weighted by Crippen LogP contribution is 2.31. The summed E-state index contributed by atoms with van der Waals surface area (Å²) in [7, 11) is -3.94. The number of alkyl halides is 3. The molecule has 0 unspecified atom stereocenters. The molecule has 0 bridgehead atoms. The number of anilines is 1. The van der Waals surface area contributed by atoms with Crippen LogP contribution >= 0.6 is 0 Å². The molecular formula is C31H26F3N3O4S. The molecule has 0 saturated carbocycles. The van der Waals surface area contributed by atoms with Crippen molar-refractivity contribution < 1.29 is 30.8 Å². The molecule has 1 N–H and O–H groups in total. The van der Waals surface area contributed by atoms with Gasteiger partial charge in [0, 0.05) is 18.3 Å². The third-order valence-electron chi connectivity index (χ3n) is 6.25. The zero-order valence-corrected chi connectivity index (χ0v) is 23.5. The Kier molecular flexibility index (Phi) is 8.99. The van der Waals surface area contributed by atoms with Crippen molar-refractivity contribution in [2.45, 2.75) is 38.0 Å². The van der Waals surface area contributed by atoms with E-state index in [1.54, 1.807) is 18.2 Å². The van der Waals surface area contributed by atoms with Gasteiger partial charge < -0.3 is 9.73 Å². The average Bonchev–Trinajstić information content (AvgIpc) is 3.39. The summed E-state index contributed by atoms with van der Waals surface area (Å²) < 4.78 is 73.2. The van der Waals surface area contributed by atoms with Crippen molar-refractivity contribution in [1.29, 1.82) is 5.26 Å². The molecule has 0 spiro atoms. The fraction of sp³-hybridized carbons (Fsp3) is 0.161. The lowest BCUT2D eigenvalue weighted by Crippen LogP contribution is -2.30. The summed E-state index contributed by atoms with van der Waals surface area (Å²) in [5, 5.41) is 11.8. The summed E-state index contributed by atoms with van der Waals surface area (Å²) in [4.78, 5) is 12.7. The normalized spacial score (nSPS) is 12.3. The van der Waals surface area contributed by atoms with Crippen LogP contribution in [0.2, 0.25) is 0 Å². The Morgan fingerprint density at radius 3 is 2.21 bits per heavy atom. The van der Waals surface area contributed by atoms with E-state index in [1.165, 1.54) is 34.6 Å². The predicted molar refractivity (Wildman–Crippen MR) is 151 cm³/mol. The van der Waals surface area contributed by atoms with E-state index in [0.29, 0.717) is 0 Å². The predicted octanol–water partition coefficient (Wildman–Crippen LogP) is 6.85. The van der Waals surface area contributed by atoms with E-state index in [4.69, 9.17) is 4.42 Å². The minimum Gasteiger partial charge on any atom is -0.460 e. The Balaban J connectivity index is 1.57. The molecule has 0 aliphatic rings. The molecule has 0 aliphatic heterocycles. The van der Waals surface area contributed by atoms with Crippen molar-refractivity contribution in [3.8, 4) is 6.07 Å². The first-order valence-electron chi connectivity index (χ1n) is 12.7. The molecule has 7 nitrogen and oxygen atoms in total. The SMILES string of the molecule is Cc1ccc(CN(Cc2ccc(/C=C(/C#N)C(=O)Nc3cccc(C(F)(F)F)c3)o2)S(=O)(=O)c2ccc(C)cc2)cc1. The van der Waals surface area contributed by atoms with Gasteiger partial charge in [-0.3, -0.25) is 4.79 Å². The molecule has 4 aromatic rings. The number of nitrogens with one attached hydrogen (secondary N) is 1. The maximum absolute atomic E-state index is 13.6. The van der Waals surface area contributed by atoms with Crippen molar-refractivity contribution in [2.24, 2.45) is 0 Å². The molecule has 11 heteroatoms. The van der Waals surface area contributed by atoms with Crippen molar-refractivity contribution in [3.63, 3.8) is 0 Å². The van der Waals surface area contributed by atoms with Gasteiger partial charge in [0.2, 0.25) is 10.0 Å². The standard InChI is InChI=1S/C31H26F3N3O4S/c1-21-6-10-23(11-7-21)19-37(42(39,40)29-14-8-22(2)9-15-29)20-28-13-12-27(41-28)16-24(18-35)30(38)36-26-5-3-4-25(17-26)31(32,33)34/h3-17H,19-20H2,1-2H3,(H,36,38)/b24-16-. The number of rotatable bonds is 9. The Morgan fingerprint density at radius 2 is 1.60 bits per heavy atom. The van der Waals surface area contributed by atoms with E-state index in [1.807, 2.05) is 38.1 Å². The topological polar surface area (TPSA) is 103 Å². The minimum absolute atomic E-state index is 0.0607. The molecule has 216 valence electrons. The van der Waals surface area contributed by atoms with E-state index in [0.717, 1.165) is 41.0 Å². The molecule has 0 atom stereocenters. The Labute approximate surface area is 241 Å². The van der Waals surface area contributed by atoms with E-state index in [-0.39, 0.29) is 35.2 Å². The van der Waals surface area contributed by atoms with Gasteiger partial charge in [-0.15, -0.1) is 0 Å². The molecular weight excluding hydrogens is 567 g/mol. The van der Waals surface area contributed by atoms with Gasteiger partial charge in [0.25, 0.3) is 5.91 Å². The number of aryl methyl sites for hydroxylation is 2. The summed E-state index contributed by atoms with van der Waals surface area (Å²) in [5.41, 5.74) is 1.20. The lowest BCUT2D eigenvalue weighted by atomic mass is 10.1. The third kappa shape index (κ3) is 7.54. The molecule has 1 amide bonds. The van der Waals surface area contributed by atoms with Crippen LogP contribution in [0.3, 0.4) is 0 Å². The monoisotopic (exact) mass is 593 g/mol. The van der Waals surface area contributed by atoms with Gasteiger partial charge in [-0.25, -0.2) is 8.42 Å². The minimum atomic E-state index is -4.60. The number of amides is 1. The first-order chi connectivity index (χ1) is 19.8. The summed E-state index contributed by atoms with van der Waals surface area (Å²) in [6, 6.07) is 22.7. The Bertz CT molecular complexity index is 1750. The molecule has 3 aromatic carbocycles. The smallest absolute Gasteiger partial charge is 0.416 e. The quantitative estimate of drug-likeness (QED) is 0.169. The van der Waals surface area contributed by atoms with Crippen molar-refractivity contribution >= 4 is 27.7 Å². The van der Waals surface area contributed by atoms with Gasteiger partial charge in [-0.1, -0.05) is 53.6 Å². The molecule has 1 heterocycles. The molecule has 1 aromatic heterocycles. The van der Waals surface area contributed by atoms with Gasteiger partial charge in [-0.05, 0) is 61.9 Å². The summed E-state index contributed by atoms with van der Waals surface area (Å²) >= 11 is 0. The van der Waals surface area contributed by atoms with Crippen LogP contribution in [-0.2, 0) is 34.1 Å². The van der Waals surface area contributed by atoms with Gasteiger partial charge >= 0.3 is 6.18 Å². The Morgan fingerprint density at radius 1 is 0.952 bits per heavy atom. The van der Waals surface area contributed by atoms with Crippen LogP contribution < -0.4 is 5.32 Å². The summed E-state index contributed by atoms with van der Waals surface area (Å²) in [5.74, 6) is -0.596. The second-order valence-electron chi connectivity index (χ2n) is 9.58. The van der Waals surface area contributed by atoms with Crippen LogP contribution in [0, 0.1) is 25.2 Å². The number of halogens is 3. The van der Waals surface area contributed by atoms with Crippen molar-refractivity contribution in [3.05, 3.63) is 124 Å². The van der Waals surface area contributed by atoms with Crippen LogP contribution in [0.15, 0.2) is 99.8 Å². The van der Waals surface area contributed by atoms with Gasteiger partial charge in [-0.2, -0.15) is 22.7 Å². The molecule has 4 rings (SSSR count). The maximum Gasteiger partial charge on any atom is 0.416 e. The summed E-state index contributed by atoms with van der Waals surface area (Å²) in [6.07, 6.45) is -3.47. The second-order valence-corrected chi connectivity index (χ2v) is 11.5. The van der Waals surface area contributed by atoms with Crippen LogP contribution in [0.1, 0.15) is 33.8 Å². The van der Waals surface area contributed by atoms with Gasteiger partial charge in [0.05, 0.1) is 17.0 Å². The largest absolute Gasteiger partial charge is 0.460 e. The fourth-order valence-electron chi connectivity index (χ4n) is 3.98. The molecule has 0 saturated heterocycles. The first kappa shape index (κ1) is 30.3. The zero-order valence-electron chi connectivity index (χ0n) is 22.6. The summed E-state index contributed by atoms with van der Waals surface area (Å²) in [6.45, 7) is 3.70. The number of sulfonamides is 1. The lowest BCUT2D eigenvalue weighted by Gasteiger charge is -2.21. The zero-order chi connectivity index (χ0) is 30.5.